The standard InChI is InChI=1S/C14H31NO3/c1-5-14(12-15-11-13(2)3)18-8-6-7-17-10-9-16-4/h13-15H,5-12H2,1-4H3. The monoisotopic (exact) mass is 261 g/mol. The van der Waals surface area contributed by atoms with Gasteiger partial charge in [0.15, 0.2) is 0 Å². The quantitative estimate of drug-likeness (QED) is 0.515. The van der Waals surface area contributed by atoms with Gasteiger partial charge in [0, 0.05) is 26.9 Å². The molecule has 4 heteroatoms. The van der Waals surface area contributed by atoms with Gasteiger partial charge in [-0.05, 0) is 25.3 Å². The van der Waals surface area contributed by atoms with Crippen molar-refractivity contribution in [2.45, 2.75) is 39.7 Å². The van der Waals surface area contributed by atoms with Crippen LogP contribution in [0.1, 0.15) is 33.6 Å². The largest absolute Gasteiger partial charge is 0.382 e. The van der Waals surface area contributed by atoms with E-state index in [-0.39, 0.29) is 0 Å². The van der Waals surface area contributed by atoms with Gasteiger partial charge in [0.05, 0.1) is 19.3 Å². The zero-order chi connectivity index (χ0) is 13.6. The molecule has 0 aliphatic carbocycles. The van der Waals surface area contributed by atoms with Crippen LogP contribution in [0, 0.1) is 5.92 Å². The van der Waals surface area contributed by atoms with E-state index in [0.717, 1.165) is 39.1 Å². The highest BCUT2D eigenvalue weighted by atomic mass is 16.5. The second-order valence-corrected chi connectivity index (χ2v) is 4.91. The zero-order valence-corrected chi connectivity index (χ0v) is 12.5. The summed E-state index contributed by atoms with van der Waals surface area (Å²) >= 11 is 0. The molecule has 4 nitrogen and oxygen atoms in total. The van der Waals surface area contributed by atoms with E-state index in [1.165, 1.54) is 0 Å². The van der Waals surface area contributed by atoms with Crippen LogP contribution < -0.4 is 5.32 Å². The minimum absolute atomic E-state index is 0.322. The van der Waals surface area contributed by atoms with Crippen molar-refractivity contribution in [2.75, 3.05) is 46.6 Å². The third-order valence-electron chi connectivity index (χ3n) is 2.60. The molecule has 0 aromatic rings. The summed E-state index contributed by atoms with van der Waals surface area (Å²) in [5.74, 6) is 0.691. The van der Waals surface area contributed by atoms with Crippen LogP contribution in [0.4, 0.5) is 0 Å². The van der Waals surface area contributed by atoms with Crippen molar-refractivity contribution in [1.29, 1.82) is 0 Å². The number of rotatable bonds is 13. The van der Waals surface area contributed by atoms with Gasteiger partial charge < -0.3 is 19.5 Å². The summed E-state index contributed by atoms with van der Waals surface area (Å²) in [5.41, 5.74) is 0. The molecule has 110 valence electrons. The van der Waals surface area contributed by atoms with Crippen LogP contribution in [0.5, 0.6) is 0 Å². The maximum Gasteiger partial charge on any atom is 0.0700 e. The minimum Gasteiger partial charge on any atom is -0.382 e. The maximum atomic E-state index is 5.81. The lowest BCUT2D eigenvalue weighted by Crippen LogP contribution is -2.31. The van der Waals surface area contributed by atoms with E-state index in [0.29, 0.717) is 25.2 Å². The van der Waals surface area contributed by atoms with Gasteiger partial charge in [-0.3, -0.25) is 0 Å². The lowest BCUT2D eigenvalue weighted by molar-refractivity contribution is 0.0223. The summed E-state index contributed by atoms with van der Waals surface area (Å²) in [6, 6.07) is 0. The van der Waals surface area contributed by atoms with Crippen molar-refractivity contribution in [2.24, 2.45) is 5.92 Å². The van der Waals surface area contributed by atoms with Crippen LogP contribution in [0.15, 0.2) is 0 Å². The van der Waals surface area contributed by atoms with E-state index >= 15 is 0 Å². The molecule has 0 aliphatic rings. The van der Waals surface area contributed by atoms with Crippen LogP contribution in [-0.4, -0.2) is 52.7 Å². The Morgan fingerprint density at radius 1 is 1.00 bits per heavy atom. The van der Waals surface area contributed by atoms with Crippen LogP contribution in [0.3, 0.4) is 0 Å². The number of ether oxygens (including phenoxy) is 3. The average Bonchev–Trinajstić information content (AvgIpc) is 2.35. The van der Waals surface area contributed by atoms with E-state index in [9.17, 15) is 0 Å². The smallest absolute Gasteiger partial charge is 0.0700 e. The fraction of sp³-hybridized carbons (Fsp3) is 1.00. The first-order valence-electron chi connectivity index (χ1n) is 7.09. The Balaban J connectivity index is 3.33. The van der Waals surface area contributed by atoms with Gasteiger partial charge in [0.2, 0.25) is 0 Å². The Morgan fingerprint density at radius 2 is 1.78 bits per heavy atom. The Labute approximate surface area is 112 Å². The molecule has 1 N–H and O–H groups in total. The molecule has 1 atom stereocenters. The molecule has 0 fully saturated rings. The number of hydrogen-bond acceptors (Lipinski definition) is 4. The first kappa shape index (κ1) is 17.8. The number of nitrogens with one attached hydrogen (secondary N) is 1. The molecule has 0 aromatic carbocycles. The third kappa shape index (κ3) is 12.3. The normalized spacial score (nSPS) is 13.2. The summed E-state index contributed by atoms with van der Waals surface area (Å²) in [7, 11) is 1.68. The minimum atomic E-state index is 0.322. The van der Waals surface area contributed by atoms with Gasteiger partial charge in [-0.25, -0.2) is 0 Å². The first-order valence-corrected chi connectivity index (χ1v) is 7.09. The second kappa shape index (κ2) is 13.3. The summed E-state index contributed by atoms with van der Waals surface area (Å²) in [5, 5.41) is 3.43. The van der Waals surface area contributed by atoms with Gasteiger partial charge in [0.25, 0.3) is 0 Å². The van der Waals surface area contributed by atoms with E-state index in [1.807, 2.05) is 0 Å². The Morgan fingerprint density at radius 3 is 2.39 bits per heavy atom. The molecule has 0 rings (SSSR count). The summed E-state index contributed by atoms with van der Waals surface area (Å²) in [6.45, 7) is 11.4. The second-order valence-electron chi connectivity index (χ2n) is 4.91. The predicted molar refractivity (Wildman–Crippen MR) is 75.1 cm³/mol. The van der Waals surface area contributed by atoms with Crippen LogP contribution in [0.2, 0.25) is 0 Å². The van der Waals surface area contributed by atoms with E-state index in [1.54, 1.807) is 7.11 Å². The highest BCUT2D eigenvalue weighted by Crippen LogP contribution is 1.99. The lowest BCUT2D eigenvalue weighted by Gasteiger charge is -2.17. The van der Waals surface area contributed by atoms with E-state index < -0.39 is 0 Å². The van der Waals surface area contributed by atoms with Crippen molar-refractivity contribution in [3.63, 3.8) is 0 Å². The molecule has 0 saturated heterocycles. The first-order chi connectivity index (χ1) is 8.70. The zero-order valence-electron chi connectivity index (χ0n) is 12.5. The van der Waals surface area contributed by atoms with E-state index in [2.05, 4.69) is 26.1 Å². The van der Waals surface area contributed by atoms with Gasteiger partial charge in [-0.1, -0.05) is 20.8 Å². The molecule has 0 radical (unpaired) electrons. The average molecular weight is 261 g/mol. The number of methoxy groups -OCH3 is 1. The summed E-state index contributed by atoms with van der Waals surface area (Å²) < 4.78 is 16.1. The molecule has 0 bridgehead atoms. The third-order valence-corrected chi connectivity index (χ3v) is 2.60. The fourth-order valence-corrected chi connectivity index (χ4v) is 1.51. The van der Waals surface area contributed by atoms with Crippen molar-refractivity contribution < 1.29 is 14.2 Å². The van der Waals surface area contributed by atoms with Crippen molar-refractivity contribution in [3.05, 3.63) is 0 Å². The van der Waals surface area contributed by atoms with Crippen molar-refractivity contribution in [1.82, 2.24) is 5.32 Å². The molecule has 0 heterocycles. The molecule has 0 aliphatic heterocycles. The van der Waals surface area contributed by atoms with Gasteiger partial charge in [0.1, 0.15) is 0 Å². The highest BCUT2D eigenvalue weighted by molar-refractivity contribution is 4.61. The van der Waals surface area contributed by atoms with Crippen LogP contribution in [0.25, 0.3) is 0 Å². The highest BCUT2D eigenvalue weighted by Gasteiger charge is 2.06. The molecule has 18 heavy (non-hydrogen) atoms. The van der Waals surface area contributed by atoms with Gasteiger partial charge >= 0.3 is 0 Å². The van der Waals surface area contributed by atoms with E-state index in [4.69, 9.17) is 14.2 Å². The molecule has 1 unspecified atom stereocenters. The number of hydrogen-bond donors (Lipinski definition) is 1. The van der Waals surface area contributed by atoms with Crippen molar-refractivity contribution >= 4 is 0 Å². The van der Waals surface area contributed by atoms with Crippen LogP contribution in [-0.2, 0) is 14.2 Å². The Kier molecular flexibility index (Phi) is 13.2. The lowest BCUT2D eigenvalue weighted by atomic mass is 10.2. The van der Waals surface area contributed by atoms with Gasteiger partial charge in [-0.15, -0.1) is 0 Å². The van der Waals surface area contributed by atoms with Crippen LogP contribution >= 0.6 is 0 Å². The maximum absolute atomic E-state index is 5.81. The molecule has 0 spiro atoms. The Hall–Kier alpha value is -0.160. The summed E-state index contributed by atoms with van der Waals surface area (Å²) in [4.78, 5) is 0. The van der Waals surface area contributed by atoms with Crippen molar-refractivity contribution in [3.8, 4) is 0 Å². The predicted octanol–water partition coefficient (Wildman–Crippen LogP) is 2.08. The molecular formula is C14H31NO3. The molecular weight excluding hydrogens is 230 g/mol. The fourth-order valence-electron chi connectivity index (χ4n) is 1.51. The van der Waals surface area contributed by atoms with Gasteiger partial charge in [-0.2, -0.15) is 0 Å². The molecule has 0 saturated carbocycles. The topological polar surface area (TPSA) is 39.7 Å². The Bertz CT molecular complexity index is 165. The molecule has 0 aromatic heterocycles. The SMILES string of the molecule is CCC(CNCC(C)C)OCCCOCCOC. The summed E-state index contributed by atoms with van der Waals surface area (Å²) in [6.07, 6.45) is 2.32. The molecule has 0 amide bonds.